The van der Waals surface area contributed by atoms with E-state index in [9.17, 15) is 4.39 Å². The van der Waals surface area contributed by atoms with Crippen LogP contribution in [0.2, 0.25) is 0 Å². The highest BCUT2D eigenvalue weighted by atomic mass is 19.1. The zero-order valence-electron chi connectivity index (χ0n) is 11.7. The summed E-state index contributed by atoms with van der Waals surface area (Å²) in [6, 6.07) is 4.84. The smallest absolute Gasteiger partial charge is 0.143 e. The quantitative estimate of drug-likeness (QED) is 0.876. The van der Waals surface area contributed by atoms with Crippen LogP contribution in [-0.2, 0) is 0 Å². The van der Waals surface area contributed by atoms with Crippen LogP contribution in [0.25, 0.3) is 0 Å². The van der Waals surface area contributed by atoms with Gasteiger partial charge in [0.05, 0.1) is 5.69 Å². The topological polar surface area (TPSA) is 36.5 Å². The summed E-state index contributed by atoms with van der Waals surface area (Å²) < 4.78 is 19.7. The van der Waals surface area contributed by atoms with E-state index in [1.807, 2.05) is 0 Å². The molecule has 20 heavy (non-hydrogen) atoms. The largest absolute Gasteiger partial charge is 0.487 e. The second kappa shape index (κ2) is 6.41. The number of halogens is 1. The maximum absolute atomic E-state index is 13.6. The summed E-state index contributed by atoms with van der Waals surface area (Å²) in [4.78, 5) is 2.20. The van der Waals surface area contributed by atoms with Crippen molar-refractivity contribution in [3.63, 3.8) is 0 Å². The number of hydrogen-bond acceptors (Lipinski definition) is 4. The Bertz CT molecular complexity index is 443. The normalized spacial score (nSPS) is 23.6. The zero-order valence-corrected chi connectivity index (χ0v) is 11.7. The minimum Gasteiger partial charge on any atom is -0.487 e. The molecule has 2 saturated heterocycles. The van der Waals surface area contributed by atoms with Gasteiger partial charge in [-0.2, -0.15) is 0 Å². The lowest BCUT2D eigenvalue weighted by Gasteiger charge is -2.32. The summed E-state index contributed by atoms with van der Waals surface area (Å²) in [5.74, 6) is 0.606. The molecular weight excluding hydrogens is 257 g/mol. The molecule has 2 heterocycles. The number of ether oxygens (including phenoxy) is 1. The predicted octanol–water partition coefficient (Wildman–Crippen LogP) is 1.37. The van der Waals surface area contributed by atoms with E-state index >= 15 is 0 Å². The molecule has 0 bridgehead atoms. The van der Waals surface area contributed by atoms with Gasteiger partial charge in [-0.3, -0.25) is 0 Å². The summed E-state index contributed by atoms with van der Waals surface area (Å²) in [6.45, 7) is 5.58. The van der Waals surface area contributed by atoms with Crippen molar-refractivity contribution in [2.75, 3.05) is 44.2 Å². The lowest BCUT2D eigenvalue weighted by Crippen LogP contribution is -2.44. The number of piperazine rings is 1. The highest BCUT2D eigenvalue weighted by molar-refractivity contribution is 5.59. The van der Waals surface area contributed by atoms with Crippen LogP contribution in [0, 0.1) is 5.82 Å². The van der Waals surface area contributed by atoms with Crippen molar-refractivity contribution in [3.05, 3.63) is 24.0 Å². The summed E-state index contributed by atoms with van der Waals surface area (Å²) in [5, 5.41) is 6.66. The first kappa shape index (κ1) is 13.6. The van der Waals surface area contributed by atoms with Crippen LogP contribution in [0.3, 0.4) is 0 Å². The molecule has 1 aromatic carbocycles. The minimum atomic E-state index is -0.201. The van der Waals surface area contributed by atoms with Gasteiger partial charge in [0.25, 0.3) is 0 Å². The number of anilines is 1. The standard InChI is InChI=1S/C15H22FN3O/c16-12-3-4-15(20-13-2-1-5-18-11-13)14(10-12)19-8-6-17-7-9-19/h3-4,10,13,17-18H,1-2,5-9,11H2/t13-/m1/s1. The molecule has 0 aliphatic carbocycles. The fraction of sp³-hybridized carbons (Fsp3) is 0.600. The van der Waals surface area contributed by atoms with Crippen molar-refractivity contribution < 1.29 is 9.13 Å². The molecule has 110 valence electrons. The molecule has 2 N–H and O–H groups in total. The predicted molar refractivity (Wildman–Crippen MR) is 78.0 cm³/mol. The maximum atomic E-state index is 13.6. The number of rotatable bonds is 3. The number of hydrogen-bond donors (Lipinski definition) is 2. The van der Waals surface area contributed by atoms with Crippen molar-refractivity contribution in [2.24, 2.45) is 0 Å². The average Bonchev–Trinajstić information content (AvgIpc) is 2.51. The molecule has 2 aliphatic rings. The Labute approximate surface area is 119 Å². The van der Waals surface area contributed by atoms with Gasteiger partial charge < -0.3 is 20.3 Å². The van der Waals surface area contributed by atoms with Gasteiger partial charge in [0.1, 0.15) is 17.7 Å². The van der Waals surface area contributed by atoms with Crippen LogP contribution < -0.4 is 20.3 Å². The second-order valence-corrected chi connectivity index (χ2v) is 5.44. The molecule has 0 radical (unpaired) electrons. The summed E-state index contributed by atoms with van der Waals surface area (Å²) >= 11 is 0. The fourth-order valence-electron chi connectivity index (χ4n) is 2.84. The van der Waals surface area contributed by atoms with E-state index < -0.39 is 0 Å². The molecule has 0 spiro atoms. The Balaban J connectivity index is 1.77. The molecule has 0 saturated carbocycles. The third-order valence-corrected chi connectivity index (χ3v) is 3.92. The van der Waals surface area contributed by atoms with Gasteiger partial charge in [0.15, 0.2) is 0 Å². The molecule has 5 heteroatoms. The number of piperidine rings is 1. The third-order valence-electron chi connectivity index (χ3n) is 3.92. The van der Waals surface area contributed by atoms with Crippen molar-refractivity contribution in [3.8, 4) is 5.75 Å². The Morgan fingerprint density at radius 1 is 1.15 bits per heavy atom. The molecule has 0 aromatic heterocycles. The number of nitrogens with one attached hydrogen (secondary N) is 2. The highest BCUT2D eigenvalue weighted by Crippen LogP contribution is 2.31. The Hall–Kier alpha value is -1.33. The molecule has 4 nitrogen and oxygen atoms in total. The second-order valence-electron chi connectivity index (χ2n) is 5.44. The van der Waals surface area contributed by atoms with E-state index in [1.54, 1.807) is 12.1 Å². The summed E-state index contributed by atoms with van der Waals surface area (Å²) in [5.41, 5.74) is 0.886. The molecule has 0 amide bonds. The lowest BCUT2D eigenvalue weighted by atomic mass is 10.1. The molecule has 3 rings (SSSR count). The third kappa shape index (κ3) is 3.22. The SMILES string of the molecule is Fc1ccc(O[C@@H]2CCCNC2)c(N2CCNCC2)c1. The van der Waals surface area contributed by atoms with E-state index in [4.69, 9.17) is 4.74 Å². The fourth-order valence-corrected chi connectivity index (χ4v) is 2.84. The summed E-state index contributed by atoms with van der Waals surface area (Å²) in [7, 11) is 0. The zero-order chi connectivity index (χ0) is 13.8. The number of benzene rings is 1. The van der Waals surface area contributed by atoms with Crippen molar-refractivity contribution in [1.29, 1.82) is 0 Å². The number of nitrogens with zero attached hydrogens (tertiary/aromatic N) is 1. The van der Waals surface area contributed by atoms with Gasteiger partial charge in [-0.1, -0.05) is 0 Å². The van der Waals surface area contributed by atoms with Crippen molar-refractivity contribution in [1.82, 2.24) is 10.6 Å². The van der Waals surface area contributed by atoms with Crippen LogP contribution in [0.4, 0.5) is 10.1 Å². The first-order valence-electron chi connectivity index (χ1n) is 7.45. The first-order valence-corrected chi connectivity index (χ1v) is 7.45. The Morgan fingerprint density at radius 3 is 2.75 bits per heavy atom. The average molecular weight is 279 g/mol. The van der Waals surface area contributed by atoms with Gasteiger partial charge >= 0.3 is 0 Å². The van der Waals surface area contributed by atoms with Crippen LogP contribution in [0.15, 0.2) is 18.2 Å². The van der Waals surface area contributed by atoms with Crippen molar-refractivity contribution in [2.45, 2.75) is 18.9 Å². The lowest BCUT2D eigenvalue weighted by molar-refractivity contribution is 0.167. The maximum Gasteiger partial charge on any atom is 0.143 e. The molecule has 1 aromatic rings. The molecule has 1 atom stereocenters. The van der Waals surface area contributed by atoms with Crippen LogP contribution in [0.5, 0.6) is 5.75 Å². The van der Waals surface area contributed by atoms with Gasteiger partial charge in [0.2, 0.25) is 0 Å². The highest BCUT2D eigenvalue weighted by Gasteiger charge is 2.20. The van der Waals surface area contributed by atoms with E-state index in [0.29, 0.717) is 0 Å². The van der Waals surface area contributed by atoms with Gasteiger partial charge in [-0.05, 0) is 31.5 Å². The molecule has 2 aliphatic heterocycles. The molecular formula is C15H22FN3O. The summed E-state index contributed by atoms with van der Waals surface area (Å²) in [6.07, 6.45) is 2.39. The van der Waals surface area contributed by atoms with E-state index in [2.05, 4.69) is 15.5 Å². The Morgan fingerprint density at radius 2 is 2.00 bits per heavy atom. The Kier molecular flexibility index (Phi) is 4.38. The van der Waals surface area contributed by atoms with E-state index in [1.165, 1.54) is 6.07 Å². The van der Waals surface area contributed by atoms with Crippen LogP contribution in [0.1, 0.15) is 12.8 Å². The van der Waals surface area contributed by atoms with Gasteiger partial charge in [0, 0.05) is 38.8 Å². The van der Waals surface area contributed by atoms with Crippen LogP contribution >= 0.6 is 0 Å². The molecule has 2 fully saturated rings. The minimum absolute atomic E-state index is 0.191. The molecule has 0 unspecified atom stereocenters. The van der Waals surface area contributed by atoms with Gasteiger partial charge in [-0.15, -0.1) is 0 Å². The monoisotopic (exact) mass is 279 g/mol. The van der Waals surface area contributed by atoms with Crippen molar-refractivity contribution >= 4 is 5.69 Å². The van der Waals surface area contributed by atoms with E-state index in [0.717, 1.165) is 63.5 Å². The van der Waals surface area contributed by atoms with Crippen LogP contribution in [-0.4, -0.2) is 45.4 Å². The first-order chi connectivity index (χ1) is 9.83. The van der Waals surface area contributed by atoms with E-state index in [-0.39, 0.29) is 11.9 Å². The van der Waals surface area contributed by atoms with Gasteiger partial charge in [-0.25, -0.2) is 4.39 Å².